The van der Waals surface area contributed by atoms with Gasteiger partial charge in [0.25, 0.3) is 9.05 Å². The molecule has 1 aromatic rings. The van der Waals surface area contributed by atoms with Gasteiger partial charge in [-0.05, 0) is 23.6 Å². The van der Waals surface area contributed by atoms with E-state index in [9.17, 15) is 13.2 Å². The highest BCUT2D eigenvalue weighted by atomic mass is 35.7. The van der Waals surface area contributed by atoms with Gasteiger partial charge < -0.3 is 4.74 Å². The van der Waals surface area contributed by atoms with Crippen molar-refractivity contribution in [3.8, 4) is 5.75 Å². The smallest absolute Gasteiger partial charge is 0.265 e. The maximum atomic E-state index is 11.8. The number of benzene rings is 1. The van der Waals surface area contributed by atoms with Gasteiger partial charge in [0.1, 0.15) is 10.6 Å². The van der Waals surface area contributed by atoms with Gasteiger partial charge in [0.2, 0.25) is 0 Å². The number of carbonyl (C=O) groups is 1. The Bertz CT molecular complexity index is 605. The molecule has 1 aliphatic heterocycles. The van der Waals surface area contributed by atoms with Crippen molar-refractivity contribution in [2.24, 2.45) is 0 Å². The molecule has 0 N–H and O–H groups in total. The summed E-state index contributed by atoms with van der Waals surface area (Å²) in [6.07, 6.45) is 0.260. The second-order valence-electron chi connectivity index (χ2n) is 4.51. The molecule has 0 fully saturated rings. The van der Waals surface area contributed by atoms with Crippen LogP contribution >= 0.6 is 10.7 Å². The van der Waals surface area contributed by atoms with Crippen molar-refractivity contribution in [2.75, 3.05) is 6.61 Å². The molecule has 0 aromatic heterocycles. The average molecular weight is 289 g/mol. The van der Waals surface area contributed by atoms with Gasteiger partial charge in [0, 0.05) is 17.1 Å². The van der Waals surface area contributed by atoms with Crippen LogP contribution < -0.4 is 4.74 Å². The predicted octanol–water partition coefficient (Wildman–Crippen LogP) is 2.70. The third kappa shape index (κ3) is 2.37. The Hall–Kier alpha value is -1.07. The maximum Gasteiger partial charge on any atom is 0.265 e. The number of fused-ring (bicyclic) bond motifs is 1. The molecule has 0 aliphatic carbocycles. The van der Waals surface area contributed by atoms with E-state index < -0.39 is 9.05 Å². The van der Waals surface area contributed by atoms with E-state index in [1.54, 1.807) is 6.07 Å². The highest BCUT2D eigenvalue weighted by Gasteiger charge is 2.28. The van der Waals surface area contributed by atoms with Crippen LogP contribution in [0.25, 0.3) is 0 Å². The van der Waals surface area contributed by atoms with E-state index in [2.05, 4.69) is 0 Å². The van der Waals surface area contributed by atoms with E-state index in [4.69, 9.17) is 15.4 Å². The van der Waals surface area contributed by atoms with Crippen molar-refractivity contribution < 1.29 is 17.9 Å². The van der Waals surface area contributed by atoms with Crippen LogP contribution in [0.4, 0.5) is 0 Å². The first-order valence-electron chi connectivity index (χ1n) is 5.59. The molecule has 0 atom stereocenters. The van der Waals surface area contributed by atoms with Gasteiger partial charge in [0.15, 0.2) is 5.78 Å². The molecular weight excluding hydrogens is 276 g/mol. The number of Topliss-reactive ketones (excluding diaryl/α,β-unsaturated/α-hetero) is 1. The second-order valence-corrected chi connectivity index (χ2v) is 7.04. The van der Waals surface area contributed by atoms with Gasteiger partial charge in [-0.2, -0.15) is 0 Å². The SMILES string of the molecule is CC(C)c1cc2c(c(S(=O)(=O)Cl)c1)OCCC2=O. The van der Waals surface area contributed by atoms with Crippen LogP contribution in [0.1, 0.15) is 42.1 Å². The zero-order valence-electron chi connectivity index (χ0n) is 10.1. The summed E-state index contributed by atoms with van der Waals surface area (Å²) in [6.45, 7) is 4.02. The van der Waals surface area contributed by atoms with Gasteiger partial charge in [-0.3, -0.25) is 4.79 Å². The molecule has 1 aliphatic rings. The summed E-state index contributed by atoms with van der Waals surface area (Å²) in [4.78, 5) is 11.7. The molecule has 4 nitrogen and oxygen atoms in total. The van der Waals surface area contributed by atoms with Crippen molar-refractivity contribution in [1.29, 1.82) is 0 Å². The summed E-state index contributed by atoms with van der Waals surface area (Å²) < 4.78 is 28.4. The van der Waals surface area contributed by atoms with Gasteiger partial charge in [-0.15, -0.1) is 0 Å². The molecule has 0 saturated carbocycles. The minimum Gasteiger partial charge on any atom is -0.491 e. The molecule has 0 radical (unpaired) electrons. The molecule has 18 heavy (non-hydrogen) atoms. The normalized spacial score (nSPS) is 15.4. The van der Waals surface area contributed by atoms with Crippen molar-refractivity contribution in [1.82, 2.24) is 0 Å². The minimum atomic E-state index is -3.93. The van der Waals surface area contributed by atoms with Gasteiger partial charge >= 0.3 is 0 Å². The number of ether oxygens (including phenoxy) is 1. The molecule has 1 heterocycles. The lowest BCUT2D eigenvalue weighted by Crippen LogP contribution is -2.18. The topological polar surface area (TPSA) is 60.4 Å². The molecule has 98 valence electrons. The van der Waals surface area contributed by atoms with Crippen LogP contribution in [0.2, 0.25) is 0 Å². The first kappa shape index (κ1) is 13.4. The number of rotatable bonds is 2. The second kappa shape index (κ2) is 4.55. The number of hydrogen-bond donors (Lipinski definition) is 0. The summed E-state index contributed by atoms with van der Waals surface area (Å²) in [5.41, 5.74) is 1.07. The molecular formula is C12H13ClO4S. The lowest BCUT2D eigenvalue weighted by molar-refractivity contribution is 0.0931. The Balaban J connectivity index is 2.76. The van der Waals surface area contributed by atoms with Crippen molar-refractivity contribution in [2.45, 2.75) is 31.1 Å². The lowest BCUT2D eigenvalue weighted by atomic mass is 9.96. The zero-order chi connectivity index (χ0) is 13.5. The van der Waals surface area contributed by atoms with E-state index in [0.717, 1.165) is 5.56 Å². The van der Waals surface area contributed by atoms with E-state index in [1.165, 1.54) is 6.07 Å². The van der Waals surface area contributed by atoms with Crippen molar-refractivity contribution in [3.05, 3.63) is 23.3 Å². The van der Waals surface area contributed by atoms with E-state index in [1.807, 2.05) is 13.8 Å². The van der Waals surface area contributed by atoms with Crippen LogP contribution in [0.5, 0.6) is 5.75 Å². The fraction of sp³-hybridized carbons (Fsp3) is 0.417. The zero-order valence-corrected chi connectivity index (χ0v) is 11.6. The maximum absolute atomic E-state index is 11.8. The van der Waals surface area contributed by atoms with E-state index in [0.29, 0.717) is 5.56 Å². The Kier molecular flexibility index (Phi) is 3.38. The average Bonchev–Trinajstić information content (AvgIpc) is 2.27. The molecule has 0 saturated heterocycles. The molecule has 2 rings (SSSR count). The Labute approximate surface area is 110 Å². The van der Waals surface area contributed by atoms with E-state index >= 15 is 0 Å². The molecule has 0 amide bonds. The fourth-order valence-electron chi connectivity index (χ4n) is 1.87. The highest BCUT2D eigenvalue weighted by molar-refractivity contribution is 8.13. The molecule has 6 heteroatoms. The van der Waals surface area contributed by atoms with Crippen LogP contribution in [-0.4, -0.2) is 20.8 Å². The van der Waals surface area contributed by atoms with Crippen LogP contribution in [-0.2, 0) is 9.05 Å². The Morgan fingerprint density at radius 1 is 1.33 bits per heavy atom. The Morgan fingerprint density at radius 3 is 2.56 bits per heavy atom. The molecule has 0 spiro atoms. The summed E-state index contributed by atoms with van der Waals surface area (Å²) in [7, 11) is 1.47. The minimum absolute atomic E-state index is 0.0886. The van der Waals surface area contributed by atoms with Crippen LogP contribution in [0, 0.1) is 0 Å². The summed E-state index contributed by atoms with van der Waals surface area (Å²) in [6, 6.07) is 3.16. The molecule has 0 unspecified atom stereocenters. The number of hydrogen-bond acceptors (Lipinski definition) is 4. The van der Waals surface area contributed by atoms with Crippen molar-refractivity contribution >= 4 is 25.5 Å². The first-order valence-corrected chi connectivity index (χ1v) is 7.90. The van der Waals surface area contributed by atoms with E-state index in [-0.39, 0.29) is 35.4 Å². The van der Waals surface area contributed by atoms with Gasteiger partial charge in [-0.25, -0.2) is 8.42 Å². The third-order valence-corrected chi connectivity index (χ3v) is 4.21. The quantitative estimate of drug-likeness (QED) is 0.785. The number of carbonyl (C=O) groups excluding carboxylic acids is 1. The highest BCUT2D eigenvalue weighted by Crippen LogP contribution is 2.36. The summed E-state index contributed by atoms with van der Waals surface area (Å²) in [5, 5.41) is 0. The first-order chi connectivity index (χ1) is 8.30. The summed E-state index contributed by atoms with van der Waals surface area (Å²) >= 11 is 0. The molecule has 0 bridgehead atoms. The fourth-order valence-corrected chi connectivity index (χ4v) is 2.89. The van der Waals surface area contributed by atoms with Crippen LogP contribution in [0.3, 0.4) is 0 Å². The molecule has 1 aromatic carbocycles. The summed E-state index contributed by atoms with van der Waals surface area (Å²) in [5.74, 6) is 0.0770. The van der Waals surface area contributed by atoms with Gasteiger partial charge in [-0.1, -0.05) is 13.8 Å². The predicted molar refractivity (Wildman–Crippen MR) is 68.0 cm³/mol. The number of ketones is 1. The van der Waals surface area contributed by atoms with Crippen molar-refractivity contribution in [3.63, 3.8) is 0 Å². The lowest BCUT2D eigenvalue weighted by Gasteiger charge is -2.20. The largest absolute Gasteiger partial charge is 0.491 e. The Morgan fingerprint density at radius 2 is 2.00 bits per heavy atom. The number of halogens is 1. The monoisotopic (exact) mass is 288 g/mol. The standard InChI is InChI=1S/C12H13ClO4S/c1-7(2)8-5-9-10(14)3-4-17-12(9)11(6-8)18(13,15)16/h5-7H,3-4H2,1-2H3. The third-order valence-electron chi connectivity index (χ3n) is 2.88. The van der Waals surface area contributed by atoms with Crippen LogP contribution in [0.15, 0.2) is 17.0 Å². The van der Waals surface area contributed by atoms with Gasteiger partial charge in [0.05, 0.1) is 12.2 Å².